The number of hydrogen-bond acceptors (Lipinski definition) is 1. The maximum absolute atomic E-state index is 10.3. The predicted octanol–water partition coefficient (Wildman–Crippen LogP) is 4.94. The monoisotopic (exact) mass is 240 g/mol. The Bertz CT molecular complexity index is 197. The second kappa shape index (κ2) is 13.3. The average Bonchev–Trinajstić information content (AvgIpc) is 2.30. The first-order chi connectivity index (χ1) is 8.27. The Morgan fingerprint density at radius 3 is 1.94 bits per heavy atom. The van der Waals surface area contributed by atoms with Crippen molar-refractivity contribution in [2.45, 2.75) is 77.6 Å². The van der Waals surface area contributed by atoms with Crippen LogP contribution in [0.2, 0.25) is 0 Å². The predicted molar refractivity (Wildman–Crippen MR) is 73.2 cm³/mol. The molecule has 0 aromatic rings. The maximum atomic E-state index is 10.3. The fourth-order valence-corrected chi connectivity index (χ4v) is 1.82. The maximum Gasteiger partial charge on any atom is 0.303 e. The summed E-state index contributed by atoms with van der Waals surface area (Å²) >= 11 is 0. The third-order valence-corrected chi connectivity index (χ3v) is 2.90. The fraction of sp³-hybridized carbons (Fsp3) is 0.800. The van der Waals surface area contributed by atoms with Gasteiger partial charge in [0.25, 0.3) is 0 Å². The number of aliphatic carboxylic acids is 1. The van der Waals surface area contributed by atoms with Crippen LogP contribution in [-0.2, 0) is 4.79 Å². The molecule has 0 unspecified atom stereocenters. The molecule has 0 saturated carbocycles. The van der Waals surface area contributed by atoms with Gasteiger partial charge in [-0.3, -0.25) is 4.79 Å². The molecule has 0 aliphatic carbocycles. The zero-order chi connectivity index (χ0) is 12.8. The highest BCUT2D eigenvalue weighted by atomic mass is 16.4. The number of unbranched alkanes of at least 4 members (excludes halogenated alkanes) is 8. The molecule has 0 heterocycles. The molecule has 0 amide bonds. The van der Waals surface area contributed by atoms with Crippen LogP contribution in [0.3, 0.4) is 0 Å². The molecule has 0 radical (unpaired) electrons. The lowest BCUT2D eigenvalue weighted by Crippen LogP contribution is -1.93. The Morgan fingerprint density at radius 1 is 0.882 bits per heavy atom. The average molecular weight is 240 g/mol. The molecule has 1 N–H and O–H groups in total. The zero-order valence-electron chi connectivity index (χ0n) is 11.3. The molecule has 17 heavy (non-hydrogen) atoms. The van der Waals surface area contributed by atoms with E-state index in [9.17, 15) is 4.79 Å². The lowest BCUT2D eigenvalue weighted by molar-refractivity contribution is -0.137. The van der Waals surface area contributed by atoms with Crippen molar-refractivity contribution in [1.82, 2.24) is 0 Å². The molecule has 100 valence electrons. The fourth-order valence-electron chi connectivity index (χ4n) is 1.82. The molecule has 2 nitrogen and oxygen atoms in total. The van der Waals surface area contributed by atoms with E-state index in [2.05, 4.69) is 19.1 Å². The lowest BCUT2D eigenvalue weighted by Gasteiger charge is -1.97. The van der Waals surface area contributed by atoms with E-state index in [1.807, 2.05) is 0 Å². The molecule has 0 aliphatic rings. The van der Waals surface area contributed by atoms with Gasteiger partial charge in [-0.25, -0.2) is 0 Å². The number of allylic oxidation sites excluding steroid dienone is 2. The Labute approximate surface area is 106 Å². The zero-order valence-corrected chi connectivity index (χ0v) is 11.3. The summed E-state index contributed by atoms with van der Waals surface area (Å²) in [6.07, 6.45) is 16.9. The molecule has 0 aliphatic heterocycles. The van der Waals surface area contributed by atoms with Crippen molar-refractivity contribution in [2.24, 2.45) is 0 Å². The second-order valence-electron chi connectivity index (χ2n) is 4.67. The van der Waals surface area contributed by atoms with Crippen molar-refractivity contribution >= 4 is 5.97 Å². The van der Waals surface area contributed by atoms with E-state index in [1.54, 1.807) is 0 Å². The minimum absolute atomic E-state index is 0.327. The number of carboxylic acids is 1. The van der Waals surface area contributed by atoms with Crippen molar-refractivity contribution in [3.63, 3.8) is 0 Å². The number of carboxylic acid groups (broad SMARTS) is 1. The van der Waals surface area contributed by atoms with Gasteiger partial charge < -0.3 is 5.11 Å². The second-order valence-corrected chi connectivity index (χ2v) is 4.67. The van der Waals surface area contributed by atoms with Crippen LogP contribution >= 0.6 is 0 Å². The van der Waals surface area contributed by atoms with Crippen LogP contribution in [0.5, 0.6) is 0 Å². The summed E-state index contributed by atoms with van der Waals surface area (Å²) in [5.41, 5.74) is 0. The highest BCUT2D eigenvalue weighted by Crippen LogP contribution is 2.07. The summed E-state index contributed by atoms with van der Waals surface area (Å²) in [4.78, 5) is 10.3. The van der Waals surface area contributed by atoms with Crippen molar-refractivity contribution in [2.75, 3.05) is 0 Å². The molecule has 0 rings (SSSR count). The first-order valence-corrected chi connectivity index (χ1v) is 7.14. The standard InChI is InChI=1S/C15H28O2/c1-2-3-4-5-6-7-8-9-10-11-12-13-14-15(16)17/h7-8H,2-6,9-14H2,1H3,(H,16,17)/b8-7+. The summed E-state index contributed by atoms with van der Waals surface area (Å²) in [6.45, 7) is 2.24. The Hall–Kier alpha value is -0.790. The van der Waals surface area contributed by atoms with Crippen molar-refractivity contribution < 1.29 is 9.90 Å². The van der Waals surface area contributed by atoms with Gasteiger partial charge in [0.1, 0.15) is 0 Å². The van der Waals surface area contributed by atoms with Crippen LogP contribution in [0.1, 0.15) is 77.6 Å². The van der Waals surface area contributed by atoms with Gasteiger partial charge in [-0.05, 0) is 32.1 Å². The van der Waals surface area contributed by atoms with Gasteiger partial charge in [0.05, 0.1) is 0 Å². The van der Waals surface area contributed by atoms with E-state index in [0.29, 0.717) is 6.42 Å². The number of hydrogen-bond donors (Lipinski definition) is 1. The summed E-state index contributed by atoms with van der Waals surface area (Å²) in [5.74, 6) is -0.669. The topological polar surface area (TPSA) is 37.3 Å². The van der Waals surface area contributed by atoms with Crippen molar-refractivity contribution in [3.8, 4) is 0 Å². The molecular formula is C15H28O2. The summed E-state index contributed by atoms with van der Waals surface area (Å²) in [5, 5.41) is 8.46. The van der Waals surface area contributed by atoms with Crippen molar-refractivity contribution in [3.05, 3.63) is 12.2 Å². The van der Waals surface area contributed by atoms with Gasteiger partial charge in [-0.1, -0.05) is 51.2 Å². The third kappa shape index (κ3) is 15.2. The molecular weight excluding hydrogens is 212 g/mol. The molecule has 0 atom stereocenters. The first kappa shape index (κ1) is 16.2. The minimum atomic E-state index is -0.669. The van der Waals surface area contributed by atoms with Crippen molar-refractivity contribution in [1.29, 1.82) is 0 Å². The van der Waals surface area contributed by atoms with Gasteiger partial charge in [0.15, 0.2) is 0 Å². The normalized spacial score (nSPS) is 11.1. The molecule has 0 saturated heterocycles. The Balaban J connectivity index is 3.06. The summed E-state index contributed by atoms with van der Waals surface area (Å²) in [6, 6.07) is 0. The smallest absolute Gasteiger partial charge is 0.303 e. The van der Waals surface area contributed by atoms with Crippen LogP contribution in [0.15, 0.2) is 12.2 Å². The van der Waals surface area contributed by atoms with Gasteiger partial charge in [0.2, 0.25) is 0 Å². The number of carbonyl (C=O) groups is 1. The van der Waals surface area contributed by atoms with Gasteiger partial charge in [-0.2, -0.15) is 0 Å². The summed E-state index contributed by atoms with van der Waals surface area (Å²) < 4.78 is 0. The first-order valence-electron chi connectivity index (χ1n) is 7.14. The van der Waals surface area contributed by atoms with Gasteiger partial charge >= 0.3 is 5.97 Å². The van der Waals surface area contributed by atoms with E-state index < -0.39 is 5.97 Å². The largest absolute Gasteiger partial charge is 0.481 e. The lowest BCUT2D eigenvalue weighted by atomic mass is 10.1. The minimum Gasteiger partial charge on any atom is -0.481 e. The molecule has 0 aromatic carbocycles. The van der Waals surface area contributed by atoms with Gasteiger partial charge in [-0.15, -0.1) is 0 Å². The number of rotatable bonds is 12. The van der Waals surface area contributed by atoms with E-state index in [0.717, 1.165) is 25.7 Å². The summed E-state index contributed by atoms with van der Waals surface area (Å²) in [7, 11) is 0. The molecule has 0 aromatic heterocycles. The quantitative estimate of drug-likeness (QED) is 0.387. The van der Waals surface area contributed by atoms with Crippen LogP contribution in [0.25, 0.3) is 0 Å². The van der Waals surface area contributed by atoms with Crippen LogP contribution in [0, 0.1) is 0 Å². The van der Waals surface area contributed by atoms with E-state index >= 15 is 0 Å². The highest BCUT2D eigenvalue weighted by molar-refractivity contribution is 5.66. The molecule has 2 heteroatoms. The van der Waals surface area contributed by atoms with E-state index in [4.69, 9.17) is 5.11 Å². The van der Waals surface area contributed by atoms with Crippen LogP contribution in [-0.4, -0.2) is 11.1 Å². The highest BCUT2D eigenvalue weighted by Gasteiger charge is 1.95. The Kier molecular flexibility index (Phi) is 12.7. The SMILES string of the molecule is CCCCCC/C=C/CCCCCCC(=O)O. The van der Waals surface area contributed by atoms with Crippen LogP contribution < -0.4 is 0 Å². The molecule has 0 spiro atoms. The van der Waals surface area contributed by atoms with Gasteiger partial charge in [0, 0.05) is 6.42 Å². The third-order valence-electron chi connectivity index (χ3n) is 2.90. The molecule has 0 fully saturated rings. The van der Waals surface area contributed by atoms with E-state index in [1.165, 1.54) is 38.5 Å². The Morgan fingerprint density at radius 2 is 1.41 bits per heavy atom. The van der Waals surface area contributed by atoms with Crippen LogP contribution in [0.4, 0.5) is 0 Å². The molecule has 0 bridgehead atoms. The van der Waals surface area contributed by atoms with E-state index in [-0.39, 0.29) is 0 Å².